The number of nitrogens with zero attached hydrogens (tertiary/aromatic N) is 1. The van der Waals surface area contributed by atoms with Crippen molar-refractivity contribution in [3.05, 3.63) is 35.9 Å². The Morgan fingerprint density at radius 3 is 2.22 bits per heavy atom. The molecule has 0 fully saturated rings. The minimum atomic E-state index is -1.41. The van der Waals surface area contributed by atoms with Crippen LogP contribution in [0.15, 0.2) is 30.3 Å². The largest absolute Gasteiger partial charge is 0.528 e. The molecular formula is C16H23NO6. The van der Waals surface area contributed by atoms with E-state index < -0.39 is 29.9 Å². The molecule has 0 unspecified atom stereocenters. The van der Waals surface area contributed by atoms with Gasteiger partial charge in [0.15, 0.2) is 6.04 Å². The summed E-state index contributed by atoms with van der Waals surface area (Å²) in [7, 11) is 0. The van der Waals surface area contributed by atoms with Gasteiger partial charge in [-0.1, -0.05) is 30.3 Å². The summed E-state index contributed by atoms with van der Waals surface area (Å²) in [6, 6.07) is 7.46. The van der Waals surface area contributed by atoms with Crippen molar-refractivity contribution in [2.75, 3.05) is 0 Å². The Bertz CT molecular complexity index is 523. The molecule has 0 spiro atoms. The molecule has 0 aliphatic carbocycles. The van der Waals surface area contributed by atoms with Gasteiger partial charge in [-0.3, -0.25) is 4.79 Å². The number of carboxylic acids is 1. The Morgan fingerprint density at radius 1 is 1.22 bits per heavy atom. The van der Waals surface area contributed by atoms with Crippen molar-refractivity contribution in [3.63, 3.8) is 0 Å². The average Bonchev–Trinajstić information content (AvgIpc) is 2.36. The van der Waals surface area contributed by atoms with Gasteiger partial charge >= 0.3 is 12.1 Å². The third kappa shape index (κ3) is 6.66. The maximum absolute atomic E-state index is 11.8. The van der Waals surface area contributed by atoms with E-state index in [0.29, 0.717) is 0 Å². The fourth-order valence-electron chi connectivity index (χ4n) is 1.89. The van der Waals surface area contributed by atoms with Crippen molar-refractivity contribution >= 4 is 12.1 Å². The second-order valence-electron chi connectivity index (χ2n) is 6.14. The monoisotopic (exact) mass is 325 g/mol. The van der Waals surface area contributed by atoms with Gasteiger partial charge in [0.25, 0.3) is 0 Å². The van der Waals surface area contributed by atoms with Gasteiger partial charge in [0, 0.05) is 0 Å². The van der Waals surface area contributed by atoms with E-state index in [4.69, 9.17) is 9.57 Å². The Labute approximate surface area is 135 Å². The number of aliphatic hydroxyl groups is 1. The highest BCUT2D eigenvalue weighted by Crippen LogP contribution is 2.15. The van der Waals surface area contributed by atoms with Gasteiger partial charge in [0.1, 0.15) is 5.60 Å². The van der Waals surface area contributed by atoms with E-state index >= 15 is 0 Å². The molecule has 1 aromatic carbocycles. The van der Waals surface area contributed by atoms with Crippen LogP contribution in [-0.4, -0.2) is 45.1 Å². The topological polar surface area (TPSA) is 96.3 Å². The molecule has 0 aromatic heterocycles. The van der Waals surface area contributed by atoms with Crippen LogP contribution in [0.3, 0.4) is 0 Å². The molecule has 0 amide bonds. The lowest BCUT2D eigenvalue weighted by atomic mass is 10.1. The molecule has 1 rings (SSSR count). The lowest BCUT2D eigenvalue weighted by Crippen LogP contribution is -2.48. The molecule has 0 aliphatic heterocycles. The summed E-state index contributed by atoms with van der Waals surface area (Å²) >= 11 is 0. The Kier molecular flexibility index (Phi) is 6.53. The third-order valence-corrected chi connectivity index (χ3v) is 2.78. The average molecular weight is 325 g/mol. The van der Waals surface area contributed by atoms with Crippen LogP contribution in [0.25, 0.3) is 0 Å². The van der Waals surface area contributed by atoms with Crippen LogP contribution in [0, 0.1) is 0 Å². The predicted octanol–water partition coefficient (Wildman–Crippen LogP) is 2.19. The van der Waals surface area contributed by atoms with Gasteiger partial charge in [0.05, 0.1) is 12.6 Å². The number of hydrogen-bond donors (Lipinski definition) is 2. The lowest BCUT2D eigenvalue weighted by molar-refractivity contribution is -0.200. The highest BCUT2D eigenvalue weighted by atomic mass is 16.8. The van der Waals surface area contributed by atoms with E-state index in [0.717, 1.165) is 10.6 Å². The zero-order valence-corrected chi connectivity index (χ0v) is 13.7. The van der Waals surface area contributed by atoms with Crippen LogP contribution in [0.5, 0.6) is 0 Å². The number of carbonyl (C=O) groups excluding carboxylic acids is 1. The first-order valence-electron chi connectivity index (χ1n) is 7.22. The van der Waals surface area contributed by atoms with E-state index in [2.05, 4.69) is 0 Å². The number of aliphatic carboxylic acids is 1. The molecule has 2 N–H and O–H groups in total. The molecule has 23 heavy (non-hydrogen) atoms. The van der Waals surface area contributed by atoms with E-state index in [1.54, 1.807) is 45.0 Å². The molecule has 0 heterocycles. The second-order valence-corrected chi connectivity index (χ2v) is 6.14. The lowest BCUT2D eigenvalue weighted by Gasteiger charge is -2.29. The predicted molar refractivity (Wildman–Crippen MR) is 82.4 cm³/mol. The number of aliphatic hydroxyl groups excluding tert-OH is 1. The Balaban J connectivity index is 2.96. The molecule has 7 heteroatoms. The van der Waals surface area contributed by atoms with E-state index in [-0.39, 0.29) is 6.54 Å². The van der Waals surface area contributed by atoms with Crippen molar-refractivity contribution in [1.82, 2.24) is 5.06 Å². The first kappa shape index (κ1) is 18.9. The summed E-state index contributed by atoms with van der Waals surface area (Å²) in [5.74, 6) is -1.31. The van der Waals surface area contributed by atoms with Crippen LogP contribution >= 0.6 is 0 Å². The van der Waals surface area contributed by atoms with E-state index in [9.17, 15) is 19.8 Å². The molecule has 1 aromatic rings. The summed E-state index contributed by atoms with van der Waals surface area (Å²) in [4.78, 5) is 28.3. The highest BCUT2D eigenvalue weighted by molar-refractivity contribution is 5.74. The van der Waals surface area contributed by atoms with Crippen LogP contribution in [0.2, 0.25) is 0 Å². The van der Waals surface area contributed by atoms with E-state index in [1.807, 2.05) is 6.07 Å². The number of carbonyl (C=O) groups is 2. The van der Waals surface area contributed by atoms with Crippen molar-refractivity contribution in [2.45, 2.75) is 52.0 Å². The SMILES string of the molecule is C[C@@H](O)[C@@H](C(=O)O)N(Cc1ccccc1)OC(=O)OC(C)(C)C. The number of carboxylic acid groups (broad SMARTS) is 1. The van der Waals surface area contributed by atoms with Gasteiger partial charge in [-0.15, -0.1) is 5.06 Å². The van der Waals surface area contributed by atoms with Crippen LogP contribution < -0.4 is 0 Å². The minimum Gasteiger partial charge on any atom is -0.480 e. The molecule has 0 bridgehead atoms. The number of ether oxygens (including phenoxy) is 1. The van der Waals surface area contributed by atoms with Gasteiger partial charge in [-0.05, 0) is 33.3 Å². The molecule has 0 saturated carbocycles. The molecule has 0 saturated heterocycles. The van der Waals surface area contributed by atoms with Crippen LogP contribution in [-0.2, 0) is 20.9 Å². The summed E-state index contributed by atoms with van der Waals surface area (Å²) in [6.45, 7) is 6.31. The summed E-state index contributed by atoms with van der Waals surface area (Å²) < 4.78 is 5.04. The molecular weight excluding hydrogens is 302 g/mol. The van der Waals surface area contributed by atoms with Gasteiger partial charge in [-0.2, -0.15) is 0 Å². The van der Waals surface area contributed by atoms with Gasteiger partial charge in [0.2, 0.25) is 0 Å². The van der Waals surface area contributed by atoms with Crippen molar-refractivity contribution in [3.8, 4) is 0 Å². The quantitative estimate of drug-likeness (QED) is 0.611. The van der Waals surface area contributed by atoms with Crippen molar-refractivity contribution in [2.24, 2.45) is 0 Å². The van der Waals surface area contributed by atoms with Gasteiger partial charge < -0.3 is 19.8 Å². The zero-order valence-electron chi connectivity index (χ0n) is 13.7. The van der Waals surface area contributed by atoms with Crippen LogP contribution in [0.4, 0.5) is 4.79 Å². The Morgan fingerprint density at radius 2 is 1.78 bits per heavy atom. The third-order valence-electron chi connectivity index (χ3n) is 2.78. The molecule has 2 atom stereocenters. The number of benzene rings is 1. The van der Waals surface area contributed by atoms with Crippen molar-refractivity contribution < 1.29 is 29.4 Å². The standard InChI is InChI=1S/C16H23NO6/c1-11(18)13(14(19)20)17(10-12-8-6-5-7-9-12)23-15(21)22-16(2,3)4/h5-9,11,13,18H,10H2,1-4H3,(H,19,20)/t11-,13+/m1/s1. The maximum atomic E-state index is 11.8. The Hall–Kier alpha value is -2.12. The van der Waals surface area contributed by atoms with Gasteiger partial charge in [-0.25, -0.2) is 4.79 Å². The summed E-state index contributed by atoms with van der Waals surface area (Å²) in [6.07, 6.45) is -2.28. The maximum Gasteiger partial charge on any atom is 0.528 e. The first-order chi connectivity index (χ1) is 10.6. The highest BCUT2D eigenvalue weighted by Gasteiger charge is 2.34. The fraction of sp³-hybridized carbons (Fsp3) is 0.500. The smallest absolute Gasteiger partial charge is 0.480 e. The molecule has 0 radical (unpaired) electrons. The first-order valence-corrected chi connectivity index (χ1v) is 7.22. The molecule has 0 aliphatic rings. The zero-order chi connectivity index (χ0) is 17.6. The van der Waals surface area contributed by atoms with Crippen LogP contribution in [0.1, 0.15) is 33.3 Å². The fourth-order valence-corrected chi connectivity index (χ4v) is 1.89. The van der Waals surface area contributed by atoms with E-state index in [1.165, 1.54) is 6.92 Å². The molecule has 7 nitrogen and oxygen atoms in total. The van der Waals surface area contributed by atoms with Crippen molar-refractivity contribution in [1.29, 1.82) is 0 Å². The second kappa shape index (κ2) is 7.94. The summed E-state index contributed by atoms with van der Waals surface area (Å²) in [5, 5.41) is 19.9. The summed E-state index contributed by atoms with van der Waals surface area (Å²) in [5.41, 5.74) is -0.0538. The normalized spacial score (nSPS) is 14.2. The minimum absolute atomic E-state index is 0.00193. The number of rotatable bonds is 6. The number of hydrogen-bond acceptors (Lipinski definition) is 6. The molecule has 128 valence electrons. The number of hydroxylamine groups is 2.